The largest absolute Gasteiger partial charge is 0.403 e. The van der Waals surface area contributed by atoms with Gasteiger partial charge in [0, 0.05) is 11.1 Å². The van der Waals surface area contributed by atoms with Crippen molar-refractivity contribution in [2.45, 2.75) is 12.8 Å². The predicted octanol–water partition coefficient (Wildman–Crippen LogP) is 2.04. The number of ketones is 1. The summed E-state index contributed by atoms with van der Waals surface area (Å²) >= 11 is 0. The molecule has 0 unspecified atom stereocenters. The zero-order valence-electron chi connectivity index (χ0n) is 13.0. The van der Waals surface area contributed by atoms with Crippen LogP contribution in [0.1, 0.15) is 39.1 Å². The topological polar surface area (TPSA) is 97.7 Å². The van der Waals surface area contributed by atoms with Crippen molar-refractivity contribution in [2.24, 2.45) is 0 Å². The number of imide groups is 1. The number of carbonyl (C=O) groups excluding carboxylic acids is 4. The number of rotatable bonds is 4. The average molecular weight is 340 g/mol. The average Bonchev–Trinajstić information content (AvgIpc) is 2.89. The molecule has 0 aliphatic carbocycles. The van der Waals surface area contributed by atoms with Gasteiger partial charge in [0.2, 0.25) is 0 Å². The van der Waals surface area contributed by atoms with Crippen LogP contribution >= 0.6 is 0 Å². The van der Waals surface area contributed by atoms with Gasteiger partial charge in [0.15, 0.2) is 5.78 Å². The van der Waals surface area contributed by atoms with E-state index in [0.29, 0.717) is 11.1 Å². The Morgan fingerprint density at radius 1 is 0.800 bits per heavy atom. The van der Waals surface area contributed by atoms with Crippen LogP contribution in [0.5, 0.6) is 0 Å². The van der Waals surface area contributed by atoms with E-state index in [9.17, 15) is 24.4 Å². The van der Waals surface area contributed by atoms with Gasteiger partial charge in [-0.05, 0) is 12.1 Å². The molecule has 7 heteroatoms. The molecule has 25 heavy (non-hydrogen) atoms. The Labute approximate surface area is 142 Å². The van der Waals surface area contributed by atoms with E-state index >= 15 is 0 Å². The number of carbonyl (C=O) groups is 4. The molecule has 2 amide bonds. The summed E-state index contributed by atoms with van der Waals surface area (Å²) in [7, 11) is 0. The number of benzene rings is 2. The third-order valence-corrected chi connectivity index (χ3v) is 3.86. The molecule has 0 saturated carbocycles. The first kappa shape index (κ1) is 16.7. The molecule has 0 atom stereocenters. The molecule has 1 N–H and O–H groups in total. The predicted molar refractivity (Wildman–Crippen MR) is 83.0 cm³/mol. The van der Waals surface area contributed by atoms with Gasteiger partial charge in [0.25, 0.3) is 0 Å². The van der Waals surface area contributed by atoms with Crippen LogP contribution in [-0.2, 0) is 14.4 Å². The highest BCUT2D eigenvalue weighted by Crippen LogP contribution is 2.22. The maximum Gasteiger partial charge on any atom is 0.403 e. The zero-order chi connectivity index (χ0) is 18.0. The van der Waals surface area contributed by atoms with Crippen molar-refractivity contribution in [3.8, 4) is 0 Å². The second-order valence-corrected chi connectivity index (χ2v) is 5.51. The Balaban J connectivity index is 1.76. The lowest BCUT2D eigenvalue weighted by atomic mass is 10.0. The molecule has 0 aromatic heterocycles. The zero-order valence-corrected chi connectivity index (χ0v) is 13.0. The smallest absolute Gasteiger partial charge is 0.289 e. The first-order valence-corrected chi connectivity index (χ1v) is 7.54. The van der Waals surface area contributed by atoms with Crippen LogP contribution in [0.3, 0.4) is 0 Å². The number of amides is 2. The number of hydrogen-bond acceptors (Lipinski definition) is 6. The number of nitrogens with zero attached hydrogens (tertiary/aromatic N) is 1. The van der Waals surface area contributed by atoms with Crippen molar-refractivity contribution in [3.05, 3.63) is 71.3 Å². The molecule has 0 radical (unpaired) electrons. The van der Waals surface area contributed by atoms with Crippen LogP contribution in [0, 0.1) is 0 Å². The van der Waals surface area contributed by atoms with Gasteiger partial charge in [0.1, 0.15) is 4.81 Å². The Morgan fingerprint density at radius 3 is 1.84 bits per heavy atom. The summed E-state index contributed by atoms with van der Waals surface area (Å²) in [5.74, 6) is -3.04. The third kappa shape index (κ3) is 3.10. The van der Waals surface area contributed by atoms with Crippen LogP contribution in [0.4, 0.5) is 0 Å². The van der Waals surface area contributed by atoms with Gasteiger partial charge in [-0.25, -0.2) is 19.2 Å². The van der Waals surface area contributed by atoms with Gasteiger partial charge in [-0.2, -0.15) is 5.21 Å². The molecule has 3 rings (SSSR count). The van der Waals surface area contributed by atoms with Crippen LogP contribution in [0.15, 0.2) is 54.6 Å². The Kier molecular flexibility index (Phi) is 4.26. The van der Waals surface area contributed by atoms with Crippen LogP contribution in [0.2, 0.25) is 0 Å². The summed E-state index contributed by atoms with van der Waals surface area (Å²) in [5, 5.41) is 9.89. The molecule has 0 spiro atoms. The highest BCUT2D eigenvalue weighted by molar-refractivity contribution is 6.09. The van der Waals surface area contributed by atoms with E-state index in [2.05, 4.69) is 4.84 Å². The van der Waals surface area contributed by atoms with Crippen molar-refractivity contribution < 1.29 is 34.0 Å². The van der Waals surface area contributed by atoms with Crippen LogP contribution < -0.4 is 0 Å². The molecule has 126 valence electrons. The van der Waals surface area contributed by atoms with E-state index in [-0.39, 0.29) is 24.2 Å². The van der Waals surface area contributed by atoms with E-state index in [1.165, 1.54) is 24.3 Å². The van der Waals surface area contributed by atoms with Crippen molar-refractivity contribution in [1.29, 1.82) is 0 Å². The van der Waals surface area contributed by atoms with Crippen molar-refractivity contribution >= 4 is 23.6 Å². The van der Waals surface area contributed by atoms with E-state index in [1.807, 2.05) is 0 Å². The lowest BCUT2D eigenvalue weighted by Gasteiger charge is -2.15. The second-order valence-electron chi connectivity index (χ2n) is 5.51. The molecular formula is C18H14NO6+. The fourth-order valence-corrected chi connectivity index (χ4v) is 2.44. The first-order chi connectivity index (χ1) is 11.9. The molecule has 1 aliphatic rings. The van der Waals surface area contributed by atoms with E-state index in [1.54, 1.807) is 30.3 Å². The maximum atomic E-state index is 12.3. The van der Waals surface area contributed by atoms with Crippen LogP contribution in [0.25, 0.3) is 0 Å². The van der Waals surface area contributed by atoms with E-state index in [0.717, 1.165) is 0 Å². The monoisotopic (exact) mass is 340 g/mol. The minimum Gasteiger partial charge on any atom is -0.289 e. The Hall–Kier alpha value is -3.16. The van der Waals surface area contributed by atoms with Crippen molar-refractivity contribution in [3.63, 3.8) is 0 Å². The van der Waals surface area contributed by atoms with E-state index in [4.69, 9.17) is 0 Å². The lowest BCUT2D eigenvalue weighted by Crippen LogP contribution is -2.50. The first-order valence-electron chi connectivity index (χ1n) is 7.54. The van der Waals surface area contributed by atoms with Gasteiger partial charge in [-0.15, -0.1) is 0 Å². The highest BCUT2D eigenvalue weighted by Gasteiger charge is 2.55. The standard InChI is InChI=1S/C18H14NO6/c20-15-10-11-16(21)19(15,24)25-18(23)14-8-6-13(7-9-14)17(22)12-4-2-1-3-5-12/h1-9,24H,10-11H2/q+1. The minimum atomic E-state index is -1.97. The third-order valence-electron chi connectivity index (χ3n) is 3.86. The fourth-order valence-electron chi connectivity index (χ4n) is 2.44. The Morgan fingerprint density at radius 2 is 1.28 bits per heavy atom. The molecule has 1 heterocycles. The maximum absolute atomic E-state index is 12.3. The molecule has 1 saturated heterocycles. The summed E-state index contributed by atoms with van der Waals surface area (Å²) in [6.07, 6.45) is -0.375. The van der Waals surface area contributed by atoms with Gasteiger partial charge in [-0.3, -0.25) is 4.79 Å². The van der Waals surface area contributed by atoms with E-state index < -0.39 is 22.6 Å². The number of hydroxylamine groups is 4. The van der Waals surface area contributed by atoms with Crippen molar-refractivity contribution in [1.82, 2.24) is 0 Å². The van der Waals surface area contributed by atoms with Gasteiger partial charge in [0.05, 0.1) is 18.4 Å². The summed E-state index contributed by atoms with van der Waals surface area (Å²) in [6.45, 7) is 0. The molecule has 1 fully saturated rings. The summed E-state index contributed by atoms with van der Waals surface area (Å²) in [4.78, 5) is 50.2. The minimum absolute atomic E-state index is 0.00339. The summed E-state index contributed by atoms with van der Waals surface area (Å²) < 4.78 is 0. The molecule has 0 bridgehead atoms. The molecular weight excluding hydrogens is 326 g/mol. The lowest BCUT2D eigenvalue weighted by molar-refractivity contribution is -1.12. The summed E-state index contributed by atoms with van der Waals surface area (Å²) in [5.41, 5.74) is 0.874. The molecule has 2 aromatic rings. The number of quaternary nitrogens is 1. The second kappa shape index (κ2) is 6.39. The van der Waals surface area contributed by atoms with Gasteiger partial charge in [-0.1, -0.05) is 42.5 Å². The van der Waals surface area contributed by atoms with Gasteiger partial charge < -0.3 is 0 Å². The van der Waals surface area contributed by atoms with Gasteiger partial charge >= 0.3 is 17.8 Å². The highest BCUT2D eigenvalue weighted by atomic mass is 17.0. The quantitative estimate of drug-likeness (QED) is 0.396. The SMILES string of the molecule is O=C(O[N+]1(O)C(=O)CCC1=O)c1ccc(C(=O)c2ccccc2)cc1. The molecule has 7 nitrogen and oxygen atoms in total. The fraction of sp³-hybridized carbons (Fsp3) is 0.111. The van der Waals surface area contributed by atoms with Crippen LogP contribution in [-0.4, -0.2) is 33.6 Å². The molecule has 2 aromatic carbocycles. The number of hydrogen-bond donors (Lipinski definition) is 1. The summed E-state index contributed by atoms with van der Waals surface area (Å²) in [6, 6.07) is 14.2. The normalized spacial score (nSPS) is 15.9. The Bertz CT molecular complexity index is 841. The van der Waals surface area contributed by atoms with Crippen molar-refractivity contribution in [2.75, 3.05) is 0 Å². The molecule has 1 aliphatic heterocycles.